The maximum atomic E-state index is 11.8. The lowest BCUT2D eigenvalue weighted by molar-refractivity contribution is -0.301. The van der Waals surface area contributed by atoms with E-state index in [1.807, 2.05) is 6.92 Å². The number of carbonyl (C=O) groups is 2. The van der Waals surface area contributed by atoms with E-state index in [4.69, 9.17) is 14.6 Å². The Labute approximate surface area is 153 Å². The Morgan fingerprint density at radius 1 is 1.00 bits per heavy atom. The molecular formula is C17H31NO8. The lowest BCUT2D eigenvalue weighted by Gasteiger charge is -2.39. The van der Waals surface area contributed by atoms with Crippen LogP contribution in [-0.4, -0.2) is 82.6 Å². The Morgan fingerprint density at radius 3 is 2.31 bits per heavy atom. The first-order valence-corrected chi connectivity index (χ1v) is 9.11. The first-order chi connectivity index (χ1) is 12.4. The molecule has 5 atom stereocenters. The molecule has 0 aromatic rings. The smallest absolute Gasteiger partial charge is 0.219 e. The van der Waals surface area contributed by atoms with E-state index in [9.17, 15) is 24.9 Å². The second-order valence-electron chi connectivity index (χ2n) is 6.37. The molecule has 9 nitrogen and oxygen atoms in total. The Hall–Kier alpha value is -1.10. The average molecular weight is 377 g/mol. The summed E-state index contributed by atoms with van der Waals surface area (Å²) in [4.78, 5) is 23.0. The van der Waals surface area contributed by atoms with Crippen LogP contribution < -0.4 is 5.32 Å². The third-order valence-corrected chi connectivity index (χ3v) is 4.21. The predicted octanol–water partition coefficient (Wildman–Crippen LogP) is -1.15. The van der Waals surface area contributed by atoms with Crippen molar-refractivity contribution in [2.24, 2.45) is 0 Å². The van der Waals surface area contributed by atoms with Gasteiger partial charge in [-0.3, -0.25) is 9.59 Å². The first kappa shape index (κ1) is 22.9. The highest BCUT2D eigenvalue weighted by molar-refractivity contribution is 5.78. The fourth-order valence-corrected chi connectivity index (χ4v) is 2.69. The van der Waals surface area contributed by atoms with Gasteiger partial charge in [0.25, 0.3) is 0 Å². The van der Waals surface area contributed by atoms with E-state index >= 15 is 0 Å². The zero-order valence-electron chi connectivity index (χ0n) is 15.2. The molecule has 26 heavy (non-hydrogen) atoms. The Kier molecular flexibility index (Phi) is 10.9. The van der Waals surface area contributed by atoms with Crippen LogP contribution >= 0.6 is 0 Å². The molecule has 0 aromatic carbocycles. The largest absolute Gasteiger partial charge is 0.394 e. The van der Waals surface area contributed by atoms with Gasteiger partial charge in [-0.15, -0.1) is 0 Å². The summed E-state index contributed by atoms with van der Waals surface area (Å²) >= 11 is 0. The summed E-state index contributed by atoms with van der Waals surface area (Å²) in [6, 6.07) is 0. The number of carbonyl (C=O) groups excluding carboxylic acids is 2. The van der Waals surface area contributed by atoms with E-state index in [2.05, 4.69) is 5.32 Å². The van der Waals surface area contributed by atoms with Crippen molar-refractivity contribution in [2.75, 3.05) is 19.8 Å². The molecule has 1 aliphatic rings. The topological polar surface area (TPSA) is 146 Å². The molecule has 5 N–H and O–H groups in total. The number of amides is 1. The van der Waals surface area contributed by atoms with Crippen molar-refractivity contribution in [2.45, 2.75) is 76.2 Å². The summed E-state index contributed by atoms with van der Waals surface area (Å²) in [5.74, 6) is 0.0613. The molecule has 0 aliphatic carbocycles. The normalized spacial score (nSPS) is 28.7. The number of hydrogen-bond acceptors (Lipinski definition) is 8. The minimum Gasteiger partial charge on any atom is -0.394 e. The zero-order chi connectivity index (χ0) is 19.5. The lowest BCUT2D eigenvalue weighted by Crippen LogP contribution is -2.59. The Balaban J connectivity index is 2.15. The minimum absolute atomic E-state index is 0.00659. The van der Waals surface area contributed by atoms with Gasteiger partial charge in [-0.2, -0.15) is 0 Å². The number of unbranched alkanes of at least 4 members (excludes halogenated alkanes) is 1. The molecule has 1 amide bonds. The summed E-state index contributed by atoms with van der Waals surface area (Å²) in [7, 11) is 0. The molecule has 0 bridgehead atoms. The van der Waals surface area contributed by atoms with Crippen LogP contribution in [0.1, 0.15) is 45.4 Å². The summed E-state index contributed by atoms with van der Waals surface area (Å²) in [6.07, 6.45) is -3.64. The van der Waals surface area contributed by atoms with Gasteiger partial charge in [0.2, 0.25) is 5.91 Å². The second-order valence-corrected chi connectivity index (χ2v) is 6.37. The van der Waals surface area contributed by atoms with E-state index in [1.165, 1.54) is 0 Å². The van der Waals surface area contributed by atoms with Crippen LogP contribution in [0.2, 0.25) is 0 Å². The molecule has 152 valence electrons. The number of aliphatic hydroxyl groups excluding tert-OH is 4. The maximum absolute atomic E-state index is 11.8. The van der Waals surface area contributed by atoms with Crippen molar-refractivity contribution in [3.8, 4) is 0 Å². The molecule has 1 rings (SSSR count). The summed E-state index contributed by atoms with van der Waals surface area (Å²) in [5, 5.41) is 40.9. The maximum Gasteiger partial charge on any atom is 0.219 e. The fourth-order valence-electron chi connectivity index (χ4n) is 2.69. The number of hydrogen-bond donors (Lipinski definition) is 5. The van der Waals surface area contributed by atoms with Crippen molar-refractivity contribution < 1.29 is 39.5 Å². The van der Waals surface area contributed by atoms with Crippen molar-refractivity contribution in [1.82, 2.24) is 5.32 Å². The number of Topliss-reactive ketones (excluding diaryl/α,β-unsaturated/α-hetero) is 1. The standard InChI is InChI=1S/C17H31NO8/c1-2-18-13(21)8-4-3-6-11(20)7-5-9-25-17-16(24)15(23)14(22)12(10-19)26-17/h12,14-17,19,22-24H,2-10H2,1H3,(H,18,21)/t12-,14-,15+,16+,17+/m1/s1. The molecule has 1 fully saturated rings. The first-order valence-electron chi connectivity index (χ1n) is 9.11. The molecule has 1 heterocycles. The van der Waals surface area contributed by atoms with Gasteiger partial charge in [0, 0.05) is 25.8 Å². The SMILES string of the molecule is CCNC(=O)CCCCC(=O)CCCO[C@H]1O[C@H](CO)[C@@H](O)[C@H](O)[C@@H]1O. The lowest BCUT2D eigenvalue weighted by atomic mass is 9.99. The molecule has 1 saturated heterocycles. The van der Waals surface area contributed by atoms with Gasteiger partial charge >= 0.3 is 0 Å². The highest BCUT2D eigenvalue weighted by atomic mass is 16.7. The van der Waals surface area contributed by atoms with E-state index in [0.717, 1.165) is 0 Å². The molecule has 1 aliphatic heterocycles. The second kappa shape index (κ2) is 12.3. The van der Waals surface area contributed by atoms with Crippen LogP contribution in [0.4, 0.5) is 0 Å². The Morgan fingerprint density at radius 2 is 1.65 bits per heavy atom. The van der Waals surface area contributed by atoms with Gasteiger partial charge in [0.05, 0.1) is 13.2 Å². The van der Waals surface area contributed by atoms with Gasteiger partial charge in [-0.1, -0.05) is 0 Å². The highest BCUT2D eigenvalue weighted by Gasteiger charge is 2.43. The molecule has 0 radical (unpaired) electrons. The van der Waals surface area contributed by atoms with Crippen molar-refractivity contribution >= 4 is 11.7 Å². The molecule has 0 saturated carbocycles. The third-order valence-electron chi connectivity index (χ3n) is 4.21. The number of rotatable bonds is 12. The van der Waals surface area contributed by atoms with Crippen LogP contribution in [-0.2, 0) is 19.1 Å². The van der Waals surface area contributed by atoms with Crippen molar-refractivity contribution in [3.05, 3.63) is 0 Å². The predicted molar refractivity (Wildman–Crippen MR) is 91.1 cm³/mol. The minimum atomic E-state index is -1.47. The van der Waals surface area contributed by atoms with Crippen LogP contribution in [0.25, 0.3) is 0 Å². The van der Waals surface area contributed by atoms with Crippen LogP contribution in [0, 0.1) is 0 Å². The van der Waals surface area contributed by atoms with Gasteiger partial charge in [0.1, 0.15) is 30.2 Å². The molecular weight excluding hydrogens is 346 g/mol. The summed E-state index contributed by atoms with van der Waals surface area (Å²) < 4.78 is 10.5. The summed E-state index contributed by atoms with van der Waals surface area (Å²) in [6.45, 7) is 2.08. The van der Waals surface area contributed by atoms with Crippen LogP contribution in [0.3, 0.4) is 0 Å². The zero-order valence-corrected chi connectivity index (χ0v) is 15.2. The van der Waals surface area contributed by atoms with E-state index in [0.29, 0.717) is 45.1 Å². The summed E-state index contributed by atoms with van der Waals surface area (Å²) in [5.41, 5.74) is 0. The number of nitrogens with one attached hydrogen (secondary N) is 1. The van der Waals surface area contributed by atoms with Gasteiger partial charge in [0.15, 0.2) is 6.29 Å². The third kappa shape index (κ3) is 7.65. The van der Waals surface area contributed by atoms with Gasteiger partial charge < -0.3 is 35.2 Å². The molecule has 0 aromatic heterocycles. The molecule has 9 heteroatoms. The quantitative estimate of drug-likeness (QED) is 0.268. The highest BCUT2D eigenvalue weighted by Crippen LogP contribution is 2.22. The van der Waals surface area contributed by atoms with Gasteiger partial charge in [-0.25, -0.2) is 0 Å². The average Bonchev–Trinajstić information content (AvgIpc) is 2.62. The number of ether oxygens (including phenoxy) is 2. The van der Waals surface area contributed by atoms with Crippen molar-refractivity contribution in [1.29, 1.82) is 0 Å². The monoisotopic (exact) mass is 377 g/mol. The van der Waals surface area contributed by atoms with E-state index in [-0.39, 0.29) is 18.3 Å². The molecule has 0 spiro atoms. The van der Waals surface area contributed by atoms with Crippen molar-refractivity contribution in [3.63, 3.8) is 0 Å². The number of aliphatic hydroxyl groups is 4. The molecule has 0 unspecified atom stereocenters. The van der Waals surface area contributed by atoms with E-state index < -0.39 is 37.3 Å². The van der Waals surface area contributed by atoms with Gasteiger partial charge in [-0.05, 0) is 26.2 Å². The number of ketones is 1. The Bertz CT molecular complexity index is 431. The van der Waals surface area contributed by atoms with E-state index in [1.54, 1.807) is 0 Å². The fraction of sp³-hybridized carbons (Fsp3) is 0.882. The van der Waals surface area contributed by atoms with Crippen LogP contribution in [0.15, 0.2) is 0 Å². The van der Waals surface area contributed by atoms with Crippen LogP contribution in [0.5, 0.6) is 0 Å².